The van der Waals surface area contributed by atoms with Gasteiger partial charge in [0, 0.05) is 19.1 Å². The van der Waals surface area contributed by atoms with Crippen LogP contribution in [-0.4, -0.2) is 31.1 Å². The van der Waals surface area contributed by atoms with Gasteiger partial charge in [0.2, 0.25) is 0 Å². The van der Waals surface area contributed by atoms with Crippen molar-refractivity contribution in [3.8, 4) is 5.75 Å². The molecule has 0 amide bonds. The van der Waals surface area contributed by atoms with Gasteiger partial charge in [-0.2, -0.15) is 0 Å². The molecule has 1 aromatic rings. The fraction of sp³-hybridized carbons (Fsp3) is 0.647. The minimum atomic E-state index is 0.567. The van der Waals surface area contributed by atoms with Crippen LogP contribution in [0, 0.1) is 5.92 Å². The van der Waals surface area contributed by atoms with Crippen LogP contribution in [0.15, 0.2) is 24.3 Å². The van der Waals surface area contributed by atoms with Gasteiger partial charge >= 0.3 is 0 Å². The highest BCUT2D eigenvalue weighted by atomic mass is 16.5. The van der Waals surface area contributed by atoms with E-state index >= 15 is 0 Å². The van der Waals surface area contributed by atoms with E-state index in [0.717, 1.165) is 36.4 Å². The molecule has 1 saturated carbocycles. The van der Waals surface area contributed by atoms with Crippen LogP contribution in [0.2, 0.25) is 0 Å². The zero-order valence-electron chi connectivity index (χ0n) is 12.8. The summed E-state index contributed by atoms with van der Waals surface area (Å²) in [6.45, 7) is 4.67. The number of rotatable bonds is 6. The lowest BCUT2D eigenvalue weighted by atomic mass is 9.87. The van der Waals surface area contributed by atoms with Crippen LogP contribution in [0.25, 0.3) is 0 Å². The molecule has 0 saturated heterocycles. The SMILES string of the molecule is CC1CCC(N(C)CCOc2cccc(CN)c2)CC1. The fourth-order valence-electron chi connectivity index (χ4n) is 2.94. The summed E-state index contributed by atoms with van der Waals surface area (Å²) < 4.78 is 5.83. The maximum absolute atomic E-state index is 5.83. The summed E-state index contributed by atoms with van der Waals surface area (Å²) in [6.07, 6.45) is 5.41. The third-order valence-corrected chi connectivity index (χ3v) is 4.46. The van der Waals surface area contributed by atoms with Crippen molar-refractivity contribution >= 4 is 0 Å². The molecule has 1 aliphatic rings. The molecule has 0 radical (unpaired) electrons. The number of likely N-dealkylation sites (N-methyl/N-ethyl adjacent to an activating group) is 1. The Labute approximate surface area is 123 Å². The molecule has 20 heavy (non-hydrogen) atoms. The Morgan fingerprint density at radius 1 is 1.25 bits per heavy atom. The van der Waals surface area contributed by atoms with Gasteiger partial charge in [-0.25, -0.2) is 0 Å². The lowest BCUT2D eigenvalue weighted by molar-refractivity contribution is 0.145. The van der Waals surface area contributed by atoms with E-state index in [4.69, 9.17) is 10.5 Å². The topological polar surface area (TPSA) is 38.5 Å². The highest BCUT2D eigenvalue weighted by Crippen LogP contribution is 2.26. The van der Waals surface area contributed by atoms with Gasteiger partial charge in [-0.05, 0) is 56.3 Å². The molecular weight excluding hydrogens is 248 g/mol. The first-order valence-electron chi connectivity index (χ1n) is 7.81. The number of ether oxygens (including phenoxy) is 1. The Hall–Kier alpha value is -1.06. The summed E-state index contributed by atoms with van der Waals surface area (Å²) in [4.78, 5) is 2.46. The Balaban J connectivity index is 1.72. The summed E-state index contributed by atoms with van der Waals surface area (Å²) in [5, 5.41) is 0. The molecule has 112 valence electrons. The van der Waals surface area contributed by atoms with Gasteiger partial charge in [-0.15, -0.1) is 0 Å². The normalized spacial score (nSPS) is 23.0. The van der Waals surface area contributed by atoms with E-state index in [2.05, 4.69) is 18.9 Å². The van der Waals surface area contributed by atoms with E-state index in [-0.39, 0.29) is 0 Å². The van der Waals surface area contributed by atoms with E-state index < -0.39 is 0 Å². The zero-order valence-corrected chi connectivity index (χ0v) is 12.8. The van der Waals surface area contributed by atoms with Crippen LogP contribution in [0.5, 0.6) is 5.75 Å². The van der Waals surface area contributed by atoms with Crippen molar-refractivity contribution in [1.29, 1.82) is 0 Å². The third kappa shape index (κ3) is 4.50. The van der Waals surface area contributed by atoms with Crippen LogP contribution in [-0.2, 0) is 6.54 Å². The van der Waals surface area contributed by atoms with Crippen molar-refractivity contribution in [2.75, 3.05) is 20.2 Å². The first-order valence-corrected chi connectivity index (χ1v) is 7.81. The van der Waals surface area contributed by atoms with Gasteiger partial charge in [-0.3, -0.25) is 0 Å². The van der Waals surface area contributed by atoms with Crippen LogP contribution in [0.1, 0.15) is 38.2 Å². The molecule has 3 nitrogen and oxygen atoms in total. The van der Waals surface area contributed by atoms with E-state index in [1.807, 2.05) is 24.3 Å². The van der Waals surface area contributed by atoms with Crippen molar-refractivity contribution in [2.45, 2.75) is 45.2 Å². The largest absolute Gasteiger partial charge is 0.492 e. The lowest BCUT2D eigenvalue weighted by Gasteiger charge is -2.33. The first kappa shape index (κ1) is 15.3. The number of hydrogen-bond donors (Lipinski definition) is 1. The Kier molecular flexibility index (Phi) is 5.86. The van der Waals surface area contributed by atoms with Crippen LogP contribution in [0.4, 0.5) is 0 Å². The highest BCUT2D eigenvalue weighted by Gasteiger charge is 2.21. The van der Waals surface area contributed by atoms with E-state index in [9.17, 15) is 0 Å². The third-order valence-electron chi connectivity index (χ3n) is 4.46. The van der Waals surface area contributed by atoms with Gasteiger partial charge in [0.25, 0.3) is 0 Å². The second-order valence-corrected chi connectivity index (χ2v) is 6.09. The van der Waals surface area contributed by atoms with Crippen LogP contribution >= 0.6 is 0 Å². The predicted molar refractivity (Wildman–Crippen MR) is 83.9 cm³/mol. The molecule has 0 unspecified atom stereocenters. The fourth-order valence-corrected chi connectivity index (χ4v) is 2.94. The molecule has 0 aliphatic heterocycles. The monoisotopic (exact) mass is 276 g/mol. The zero-order chi connectivity index (χ0) is 14.4. The quantitative estimate of drug-likeness (QED) is 0.868. The van der Waals surface area contributed by atoms with Crippen LogP contribution < -0.4 is 10.5 Å². The van der Waals surface area contributed by atoms with Crippen molar-refractivity contribution < 1.29 is 4.74 Å². The van der Waals surface area contributed by atoms with Crippen LogP contribution in [0.3, 0.4) is 0 Å². The molecule has 0 atom stereocenters. The number of benzene rings is 1. The second kappa shape index (κ2) is 7.65. The van der Waals surface area contributed by atoms with Gasteiger partial charge in [0.05, 0.1) is 0 Å². The maximum atomic E-state index is 5.83. The summed E-state index contributed by atoms with van der Waals surface area (Å²) in [5.41, 5.74) is 6.76. The number of hydrogen-bond acceptors (Lipinski definition) is 3. The van der Waals surface area contributed by atoms with Crippen molar-refractivity contribution in [1.82, 2.24) is 4.90 Å². The molecular formula is C17H28N2O. The van der Waals surface area contributed by atoms with Gasteiger partial charge in [0.1, 0.15) is 12.4 Å². The Morgan fingerprint density at radius 2 is 2.00 bits per heavy atom. The Bertz CT molecular complexity index is 400. The van der Waals surface area contributed by atoms with Gasteiger partial charge in [-0.1, -0.05) is 19.1 Å². The molecule has 2 N–H and O–H groups in total. The molecule has 3 heteroatoms. The number of nitrogens with zero attached hydrogens (tertiary/aromatic N) is 1. The summed E-state index contributed by atoms with van der Waals surface area (Å²) in [6, 6.07) is 8.81. The van der Waals surface area contributed by atoms with Crippen molar-refractivity contribution in [3.05, 3.63) is 29.8 Å². The highest BCUT2D eigenvalue weighted by molar-refractivity contribution is 5.28. The lowest BCUT2D eigenvalue weighted by Crippen LogP contribution is -2.37. The van der Waals surface area contributed by atoms with E-state index in [0.29, 0.717) is 6.54 Å². The molecule has 0 bridgehead atoms. The van der Waals surface area contributed by atoms with Crippen molar-refractivity contribution in [3.63, 3.8) is 0 Å². The predicted octanol–water partition coefficient (Wildman–Crippen LogP) is 3.03. The summed E-state index contributed by atoms with van der Waals surface area (Å²) in [5.74, 6) is 1.84. The average Bonchev–Trinajstić information content (AvgIpc) is 2.48. The van der Waals surface area contributed by atoms with Crippen molar-refractivity contribution in [2.24, 2.45) is 11.7 Å². The smallest absolute Gasteiger partial charge is 0.119 e. The Morgan fingerprint density at radius 3 is 2.70 bits per heavy atom. The average molecular weight is 276 g/mol. The second-order valence-electron chi connectivity index (χ2n) is 6.09. The molecule has 0 spiro atoms. The molecule has 1 aromatic carbocycles. The first-order chi connectivity index (χ1) is 9.69. The minimum absolute atomic E-state index is 0.567. The molecule has 0 aromatic heterocycles. The minimum Gasteiger partial charge on any atom is -0.492 e. The summed E-state index contributed by atoms with van der Waals surface area (Å²) >= 11 is 0. The molecule has 0 heterocycles. The van der Waals surface area contributed by atoms with E-state index in [1.165, 1.54) is 25.7 Å². The molecule has 2 rings (SSSR count). The van der Waals surface area contributed by atoms with Gasteiger partial charge in [0.15, 0.2) is 0 Å². The standard InChI is InChI=1S/C17H28N2O/c1-14-6-8-16(9-7-14)19(2)10-11-20-17-5-3-4-15(12-17)13-18/h3-5,12,14,16H,6-11,13,18H2,1-2H3. The van der Waals surface area contributed by atoms with E-state index in [1.54, 1.807) is 0 Å². The molecule has 1 fully saturated rings. The number of nitrogens with two attached hydrogens (primary N) is 1. The van der Waals surface area contributed by atoms with Gasteiger partial charge < -0.3 is 15.4 Å². The molecule has 1 aliphatic carbocycles. The summed E-state index contributed by atoms with van der Waals surface area (Å²) in [7, 11) is 2.22. The maximum Gasteiger partial charge on any atom is 0.119 e.